The van der Waals surface area contributed by atoms with E-state index in [0.29, 0.717) is 30.3 Å². The Morgan fingerprint density at radius 1 is 1.13 bits per heavy atom. The average molecular weight is 210 g/mol. The first-order chi connectivity index (χ1) is 6.98. The van der Waals surface area contributed by atoms with Gasteiger partial charge >= 0.3 is 0 Å². The Morgan fingerprint density at radius 2 is 1.67 bits per heavy atom. The first-order valence-electron chi connectivity index (χ1n) is 4.84. The van der Waals surface area contributed by atoms with Crippen molar-refractivity contribution in [2.75, 3.05) is 13.2 Å². The third-order valence-electron chi connectivity index (χ3n) is 2.32. The van der Waals surface area contributed by atoms with Crippen molar-refractivity contribution in [2.45, 2.75) is 19.4 Å². The van der Waals surface area contributed by atoms with Crippen LogP contribution >= 0.6 is 0 Å². The van der Waals surface area contributed by atoms with Gasteiger partial charge in [0.05, 0.1) is 5.60 Å². The molecule has 1 aliphatic rings. The second-order valence-electron chi connectivity index (χ2n) is 4.07. The zero-order chi connectivity index (χ0) is 11.1. The van der Waals surface area contributed by atoms with Crippen molar-refractivity contribution in [3.63, 3.8) is 0 Å². The van der Waals surface area contributed by atoms with Crippen LogP contribution in [0.2, 0.25) is 0 Å². The fourth-order valence-corrected chi connectivity index (χ4v) is 1.57. The quantitative estimate of drug-likeness (QED) is 0.735. The summed E-state index contributed by atoms with van der Waals surface area (Å²) in [4.78, 5) is 0. The van der Waals surface area contributed by atoms with Gasteiger partial charge in [-0.15, -0.1) is 0 Å². The standard InChI is InChI=1S/C11H14O4/c1-11(2,13)7-5-9-10(6-8(7)12)15-4-3-14-9/h5-6,12-13H,3-4H2,1-2H3. The summed E-state index contributed by atoms with van der Waals surface area (Å²) >= 11 is 0. The van der Waals surface area contributed by atoms with Crippen molar-refractivity contribution in [3.05, 3.63) is 17.7 Å². The molecule has 0 aromatic heterocycles. The van der Waals surface area contributed by atoms with E-state index >= 15 is 0 Å². The van der Waals surface area contributed by atoms with Crippen LogP contribution in [0.15, 0.2) is 12.1 Å². The second-order valence-corrected chi connectivity index (χ2v) is 4.07. The number of phenolic OH excluding ortho intramolecular Hbond substituents is 1. The van der Waals surface area contributed by atoms with Crippen molar-refractivity contribution in [1.82, 2.24) is 0 Å². The predicted octanol–water partition coefficient (Wildman–Crippen LogP) is 1.39. The van der Waals surface area contributed by atoms with Crippen molar-refractivity contribution in [2.24, 2.45) is 0 Å². The van der Waals surface area contributed by atoms with Crippen LogP contribution in [0.5, 0.6) is 17.2 Å². The number of fused-ring (bicyclic) bond motifs is 1. The van der Waals surface area contributed by atoms with E-state index in [1.54, 1.807) is 19.9 Å². The minimum atomic E-state index is -1.10. The summed E-state index contributed by atoms with van der Waals surface area (Å²) in [6.45, 7) is 4.19. The lowest BCUT2D eigenvalue weighted by molar-refractivity contribution is 0.0747. The molecule has 4 nitrogen and oxygen atoms in total. The molecule has 0 radical (unpaired) electrons. The van der Waals surface area contributed by atoms with Gasteiger partial charge in [-0.2, -0.15) is 0 Å². The number of aromatic hydroxyl groups is 1. The molecule has 0 saturated carbocycles. The molecule has 0 amide bonds. The fourth-order valence-electron chi connectivity index (χ4n) is 1.57. The Morgan fingerprint density at radius 3 is 2.20 bits per heavy atom. The van der Waals surface area contributed by atoms with Gasteiger partial charge in [0.15, 0.2) is 11.5 Å². The molecule has 0 fully saturated rings. The maximum atomic E-state index is 9.82. The highest BCUT2D eigenvalue weighted by Crippen LogP contribution is 2.40. The Labute approximate surface area is 88.1 Å². The van der Waals surface area contributed by atoms with Gasteiger partial charge < -0.3 is 19.7 Å². The molecule has 1 aromatic rings. The van der Waals surface area contributed by atoms with Crippen LogP contribution in [-0.2, 0) is 5.60 Å². The number of hydrogen-bond acceptors (Lipinski definition) is 4. The number of ether oxygens (including phenoxy) is 2. The van der Waals surface area contributed by atoms with E-state index in [1.807, 2.05) is 0 Å². The van der Waals surface area contributed by atoms with Gasteiger partial charge in [0.1, 0.15) is 19.0 Å². The zero-order valence-corrected chi connectivity index (χ0v) is 8.78. The molecule has 1 aliphatic heterocycles. The molecule has 0 spiro atoms. The van der Waals surface area contributed by atoms with Crippen molar-refractivity contribution < 1.29 is 19.7 Å². The van der Waals surface area contributed by atoms with Gasteiger partial charge in [0.25, 0.3) is 0 Å². The summed E-state index contributed by atoms with van der Waals surface area (Å²) in [6.07, 6.45) is 0. The fraction of sp³-hybridized carbons (Fsp3) is 0.455. The minimum absolute atomic E-state index is 0.0201. The molecule has 1 aromatic carbocycles. The molecule has 0 saturated heterocycles. The lowest BCUT2D eigenvalue weighted by Gasteiger charge is -2.24. The number of hydrogen-bond donors (Lipinski definition) is 2. The molecular weight excluding hydrogens is 196 g/mol. The van der Waals surface area contributed by atoms with Crippen LogP contribution in [-0.4, -0.2) is 23.4 Å². The van der Waals surface area contributed by atoms with Gasteiger partial charge in [-0.05, 0) is 19.9 Å². The molecule has 0 unspecified atom stereocenters. The Bertz CT molecular complexity index is 379. The predicted molar refractivity (Wildman–Crippen MR) is 54.3 cm³/mol. The minimum Gasteiger partial charge on any atom is -0.507 e. The zero-order valence-electron chi connectivity index (χ0n) is 8.78. The van der Waals surface area contributed by atoms with E-state index in [9.17, 15) is 10.2 Å². The van der Waals surface area contributed by atoms with Crippen molar-refractivity contribution in [3.8, 4) is 17.2 Å². The molecule has 15 heavy (non-hydrogen) atoms. The topological polar surface area (TPSA) is 58.9 Å². The van der Waals surface area contributed by atoms with Gasteiger partial charge in [0.2, 0.25) is 0 Å². The van der Waals surface area contributed by atoms with E-state index in [2.05, 4.69) is 0 Å². The van der Waals surface area contributed by atoms with Crippen LogP contribution in [0, 0.1) is 0 Å². The molecule has 1 heterocycles. The van der Waals surface area contributed by atoms with E-state index < -0.39 is 5.60 Å². The number of aliphatic hydroxyl groups is 1. The van der Waals surface area contributed by atoms with Gasteiger partial charge in [0, 0.05) is 11.6 Å². The smallest absolute Gasteiger partial charge is 0.165 e. The third-order valence-corrected chi connectivity index (χ3v) is 2.32. The highest BCUT2D eigenvalue weighted by Gasteiger charge is 2.24. The Balaban J connectivity index is 2.50. The average Bonchev–Trinajstić information content (AvgIpc) is 2.15. The van der Waals surface area contributed by atoms with Crippen LogP contribution in [0.1, 0.15) is 19.4 Å². The molecule has 0 atom stereocenters. The van der Waals surface area contributed by atoms with Gasteiger partial charge in [-0.1, -0.05) is 0 Å². The summed E-state index contributed by atoms with van der Waals surface area (Å²) in [7, 11) is 0. The maximum Gasteiger partial charge on any atom is 0.165 e. The largest absolute Gasteiger partial charge is 0.507 e. The summed E-state index contributed by atoms with van der Waals surface area (Å²) < 4.78 is 10.7. The molecule has 0 bridgehead atoms. The summed E-state index contributed by atoms with van der Waals surface area (Å²) in [5.74, 6) is 1.11. The summed E-state index contributed by atoms with van der Waals surface area (Å²) in [5, 5.41) is 19.5. The number of phenols is 1. The summed E-state index contributed by atoms with van der Waals surface area (Å²) in [5.41, 5.74) is -0.660. The number of benzene rings is 1. The van der Waals surface area contributed by atoms with Crippen LogP contribution in [0.25, 0.3) is 0 Å². The van der Waals surface area contributed by atoms with Crippen LogP contribution in [0.3, 0.4) is 0 Å². The van der Waals surface area contributed by atoms with Crippen LogP contribution in [0.4, 0.5) is 0 Å². The SMILES string of the molecule is CC(C)(O)c1cc2c(cc1O)OCCO2. The van der Waals surface area contributed by atoms with E-state index in [0.717, 1.165) is 0 Å². The molecule has 4 heteroatoms. The van der Waals surface area contributed by atoms with Gasteiger partial charge in [-0.3, -0.25) is 0 Å². The lowest BCUT2D eigenvalue weighted by Crippen LogP contribution is -2.19. The van der Waals surface area contributed by atoms with E-state index in [4.69, 9.17) is 9.47 Å². The highest BCUT2D eigenvalue weighted by molar-refractivity contribution is 5.52. The lowest BCUT2D eigenvalue weighted by atomic mass is 9.97. The molecule has 2 rings (SSSR count). The van der Waals surface area contributed by atoms with Gasteiger partial charge in [-0.25, -0.2) is 0 Å². The monoisotopic (exact) mass is 210 g/mol. The van der Waals surface area contributed by atoms with E-state index in [-0.39, 0.29) is 5.75 Å². The van der Waals surface area contributed by atoms with E-state index in [1.165, 1.54) is 6.07 Å². The summed E-state index contributed by atoms with van der Waals surface area (Å²) in [6, 6.07) is 3.09. The van der Waals surface area contributed by atoms with Crippen LogP contribution < -0.4 is 9.47 Å². The normalized spacial score (nSPS) is 15.1. The Hall–Kier alpha value is -1.42. The molecule has 2 N–H and O–H groups in total. The molecule has 0 aliphatic carbocycles. The molecule has 82 valence electrons. The number of rotatable bonds is 1. The van der Waals surface area contributed by atoms with Crippen molar-refractivity contribution in [1.29, 1.82) is 0 Å². The Kier molecular flexibility index (Phi) is 2.23. The first-order valence-corrected chi connectivity index (χ1v) is 4.84. The maximum absolute atomic E-state index is 9.82. The first kappa shape index (κ1) is 10.1. The molecular formula is C11H14O4. The van der Waals surface area contributed by atoms with Crippen molar-refractivity contribution >= 4 is 0 Å². The highest BCUT2D eigenvalue weighted by atomic mass is 16.6. The second kappa shape index (κ2) is 3.31. The third kappa shape index (κ3) is 1.85.